The van der Waals surface area contributed by atoms with Crippen molar-refractivity contribution in [1.82, 2.24) is 15.1 Å². The largest absolute Gasteiger partial charge is 0.495 e. The highest BCUT2D eigenvalue weighted by Gasteiger charge is 2.51. The molecular weight excluding hydrogens is 372 g/mol. The number of hydrogen-bond donors (Lipinski definition) is 2. The number of imide groups is 1. The van der Waals surface area contributed by atoms with E-state index >= 15 is 0 Å². The number of benzene rings is 1. The van der Waals surface area contributed by atoms with Gasteiger partial charge in [-0.3, -0.25) is 14.5 Å². The molecule has 158 valence electrons. The van der Waals surface area contributed by atoms with Crippen LogP contribution in [0.2, 0.25) is 0 Å². The molecule has 0 unspecified atom stereocenters. The molecule has 1 heterocycles. The fourth-order valence-electron chi connectivity index (χ4n) is 4.16. The van der Waals surface area contributed by atoms with E-state index in [4.69, 9.17) is 4.74 Å². The summed E-state index contributed by atoms with van der Waals surface area (Å²) < 4.78 is 5.26. The van der Waals surface area contributed by atoms with Gasteiger partial charge in [-0.05, 0) is 31.4 Å². The summed E-state index contributed by atoms with van der Waals surface area (Å²) in [6, 6.07) is 6.83. The van der Waals surface area contributed by atoms with Crippen LogP contribution in [0.4, 0.5) is 10.5 Å². The molecule has 8 nitrogen and oxygen atoms in total. The number of methoxy groups -OCH3 is 1. The lowest BCUT2D eigenvalue weighted by molar-refractivity contribution is -0.134. The molecule has 1 saturated heterocycles. The van der Waals surface area contributed by atoms with Crippen LogP contribution in [0.3, 0.4) is 0 Å². The molecule has 0 atom stereocenters. The molecule has 0 aromatic heterocycles. The molecule has 29 heavy (non-hydrogen) atoms. The molecule has 2 N–H and O–H groups in total. The van der Waals surface area contributed by atoms with Crippen molar-refractivity contribution in [2.45, 2.75) is 51.0 Å². The summed E-state index contributed by atoms with van der Waals surface area (Å²) in [5.74, 6) is 0.201. The van der Waals surface area contributed by atoms with Crippen LogP contribution in [0.1, 0.15) is 45.4 Å². The second kappa shape index (κ2) is 9.26. The van der Waals surface area contributed by atoms with Crippen LogP contribution < -0.4 is 15.4 Å². The van der Waals surface area contributed by atoms with Crippen LogP contribution in [0.25, 0.3) is 0 Å². The third-order valence-corrected chi connectivity index (χ3v) is 5.58. The van der Waals surface area contributed by atoms with Crippen molar-refractivity contribution in [3.8, 4) is 5.75 Å². The van der Waals surface area contributed by atoms with Gasteiger partial charge in [0.2, 0.25) is 5.91 Å². The van der Waals surface area contributed by atoms with E-state index in [2.05, 4.69) is 10.6 Å². The molecule has 3 rings (SSSR count). The smallest absolute Gasteiger partial charge is 0.326 e. The van der Waals surface area contributed by atoms with E-state index in [1.54, 1.807) is 19.2 Å². The first-order valence-electron chi connectivity index (χ1n) is 10.3. The molecule has 1 saturated carbocycles. The Hall–Kier alpha value is -2.61. The maximum atomic E-state index is 13.0. The number of carbonyl (C=O) groups is 3. The van der Waals surface area contributed by atoms with Gasteiger partial charge in [-0.25, -0.2) is 9.69 Å². The molecule has 1 aliphatic carbocycles. The minimum absolute atomic E-state index is 0.0793. The number of rotatable bonds is 8. The summed E-state index contributed by atoms with van der Waals surface area (Å²) in [4.78, 5) is 41.2. The number of nitrogens with zero attached hydrogens (tertiary/aromatic N) is 2. The third-order valence-electron chi connectivity index (χ3n) is 5.58. The standard InChI is InChI=1S/C21H30N4O4/c1-3-13-24(14-18(26)22-16-9-5-6-10-17(16)29-2)15-25-19(27)21(23-20(25)28)11-7-4-8-12-21/h5-6,9-10H,3-4,7-8,11-15H2,1-2H3,(H,22,26)(H,23,28). The van der Waals surface area contributed by atoms with Crippen LogP contribution in [0.5, 0.6) is 5.75 Å². The molecule has 1 spiro atoms. The Balaban J connectivity index is 1.64. The van der Waals surface area contributed by atoms with Crippen molar-refractivity contribution >= 4 is 23.5 Å². The zero-order valence-electron chi connectivity index (χ0n) is 17.2. The normalized spacial score (nSPS) is 18.2. The summed E-state index contributed by atoms with van der Waals surface area (Å²) in [6.07, 6.45) is 5.17. The van der Waals surface area contributed by atoms with Gasteiger partial charge in [-0.2, -0.15) is 0 Å². The van der Waals surface area contributed by atoms with Gasteiger partial charge in [0.25, 0.3) is 5.91 Å². The van der Waals surface area contributed by atoms with E-state index in [0.29, 0.717) is 30.8 Å². The first-order valence-corrected chi connectivity index (χ1v) is 10.3. The van der Waals surface area contributed by atoms with Gasteiger partial charge < -0.3 is 15.4 Å². The van der Waals surface area contributed by atoms with E-state index in [1.165, 1.54) is 4.90 Å². The number of amides is 4. The Morgan fingerprint density at radius 2 is 1.97 bits per heavy atom. The number of carbonyl (C=O) groups excluding carboxylic acids is 3. The maximum absolute atomic E-state index is 13.0. The Labute approximate surface area is 171 Å². The summed E-state index contributed by atoms with van der Waals surface area (Å²) in [5, 5.41) is 5.76. The van der Waals surface area contributed by atoms with E-state index in [1.807, 2.05) is 24.0 Å². The predicted molar refractivity (Wildman–Crippen MR) is 110 cm³/mol. The fraction of sp³-hybridized carbons (Fsp3) is 0.571. The van der Waals surface area contributed by atoms with Crippen LogP contribution in [0.15, 0.2) is 24.3 Å². The Morgan fingerprint density at radius 3 is 2.66 bits per heavy atom. The molecule has 0 radical (unpaired) electrons. The first-order chi connectivity index (χ1) is 14.0. The molecule has 0 bridgehead atoms. The highest BCUT2D eigenvalue weighted by Crippen LogP contribution is 2.33. The Morgan fingerprint density at radius 1 is 1.24 bits per heavy atom. The van der Waals surface area contributed by atoms with Gasteiger partial charge in [0, 0.05) is 6.54 Å². The van der Waals surface area contributed by atoms with E-state index in [-0.39, 0.29) is 31.1 Å². The summed E-state index contributed by atoms with van der Waals surface area (Å²) in [6.45, 7) is 2.79. The number of nitrogens with one attached hydrogen (secondary N) is 2. The second-order valence-corrected chi connectivity index (χ2v) is 7.75. The maximum Gasteiger partial charge on any atom is 0.326 e. The SMILES string of the molecule is CCCN(CC(=O)Nc1ccccc1OC)CN1C(=O)NC2(CCCCC2)C1=O. The molecule has 8 heteroatoms. The third kappa shape index (κ3) is 4.70. The molecular formula is C21H30N4O4. The van der Waals surface area contributed by atoms with E-state index in [9.17, 15) is 14.4 Å². The van der Waals surface area contributed by atoms with Gasteiger partial charge in [0.1, 0.15) is 11.3 Å². The van der Waals surface area contributed by atoms with Gasteiger partial charge in [0.05, 0.1) is 26.0 Å². The topological polar surface area (TPSA) is 91.0 Å². The fourth-order valence-corrected chi connectivity index (χ4v) is 4.16. The molecule has 2 fully saturated rings. The molecule has 2 aliphatic rings. The lowest BCUT2D eigenvalue weighted by Crippen LogP contribution is -2.49. The average molecular weight is 402 g/mol. The Bertz CT molecular complexity index is 761. The van der Waals surface area contributed by atoms with Crippen LogP contribution >= 0.6 is 0 Å². The highest BCUT2D eigenvalue weighted by molar-refractivity contribution is 6.07. The quantitative estimate of drug-likeness (QED) is 0.652. The zero-order valence-corrected chi connectivity index (χ0v) is 17.2. The van der Waals surface area contributed by atoms with Crippen molar-refractivity contribution < 1.29 is 19.1 Å². The molecule has 1 aromatic carbocycles. The Kier molecular flexibility index (Phi) is 6.74. The summed E-state index contributed by atoms with van der Waals surface area (Å²) >= 11 is 0. The van der Waals surface area contributed by atoms with Gasteiger partial charge in [-0.1, -0.05) is 38.3 Å². The summed E-state index contributed by atoms with van der Waals surface area (Å²) in [5.41, 5.74) is -0.153. The van der Waals surface area contributed by atoms with E-state index in [0.717, 1.165) is 25.7 Å². The monoisotopic (exact) mass is 402 g/mol. The van der Waals surface area contributed by atoms with E-state index < -0.39 is 5.54 Å². The minimum Gasteiger partial charge on any atom is -0.495 e. The lowest BCUT2D eigenvalue weighted by atomic mass is 9.82. The van der Waals surface area contributed by atoms with Gasteiger partial charge >= 0.3 is 6.03 Å². The number of urea groups is 1. The number of para-hydroxylation sites is 2. The van der Waals surface area contributed by atoms with Crippen molar-refractivity contribution in [2.24, 2.45) is 0 Å². The highest BCUT2D eigenvalue weighted by atomic mass is 16.5. The number of ether oxygens (including phenoxy) is 1. The van der Waals surface area contributed by atoms with Crippen LogP contribution in [-0.4, -0.2) is 60.1 Å². The molecule has 1 aliphatic heterocycles. The van der Waals surface area contributed by atoms with Crippen molar-refractivity contribution in [1.29, 1.82) is 0 Å². The number of anilines is 1. The van der Waals surface area contributed by atoms with Crippen molar-refractivity contribution in [3.63, 3.8) is 0 Å². The number of hydrogen-bond acceptors (Lipinski definition) is 5. The molecule has 1 aromatic rings. The van der Waals surface area contributed by atoms with Gasteiger partial charge in [-0.15, -0.1) is 0 Å². The minimum atomic E-state index is -0.743. The zero-order chi connectivity index (χ0) is 20.9. The van der Waals surface area contributed by atoms with Crippen molar-refractivity contribution in [2.75, 3.05) is 32.2 Å². The predicted octanol–water partition coefficient (Wildman–Crippen LogP) is 2.56. The first kappa shape index (κ1) is 21.1. The average Bonchev–Trinajstić information content (AvgIpc) is 2.93. The van der Waals surface area contributed by atoms with Crippen molar-refractivity contribution in [3.05, 3.63) is 24.3 Å². The van der Waals surface area contributed by atoms with Gasteiger partial charge in [0.15, 0.2) is 0 Å². The second-order valence-electron chi connectivity index (χ2n) is 7.75. The van der Waals surface area contributed by atoms with Crippen LogP contribution in [-0.2, 0) is 9.59 Å². The van der Waals surface area contributed by atoms with Crippen LogP contribution in [0, 0.1) is 0 Å². The lowest BCUT2D eigenvalue weighted by Gasteiger charge is -2.31. The summed E-state index contributed by atoms with van der Waals surface area (Å²) in [7, 11) is 1.55. The molecule has 4 amide bonds.